The fourth-order valence-electron chi connectivity index (χ4n) is 6.38. The number of imide groups is 2. The van der Waals surface area contributed by atoms with Crippen LogP contribution in [0.5, 0.6) is 5.75 Å². The maximum absolute atomic E-state index is 13.2. The Bertz CT molecular complexity index is 2260. The van der Waals surface area contributed by atoms with Crippen molar-refractivity contribution >= 4 is 46.4 Å². The molecule has 14 heteroatoms. The number of carbonyl (C=O) groups excluding carboxylic acids is 5. The Hall–Kier alpha value is -6.41. The van der Waals surface area contributed by atoms with Crippen LogP contribution in [0.2, 0.25) is 0 Å². The SMILES string of the molecule is CC.CC(C)(C)OC(=O)n1c(-c2ccc(-c3ccc(NCCOCCOc4ccc5c(c4)C(=O)N(C4CCC(=O)NC4=O)C5=O)nc3)cc2)cc2ccncc21. The van der Waals surface area contributed by atoms with Crippen molar-refractivity contribution in [1.82, 2.24) is 24.8 Å². The van der Waals surface area contributed by atoms with Crippen LogP contribution >= 0.6 is 0 Å². The summed E-state index contributed by atoms with van der Waals surface area (Å²) in [5.74, 6) is -1.16. The molecular formula is C42H44N6O8. The number of hydrogen-bond donors (Lipinski definition) is 2. The van der Waals surface area contributed by atoms with E-state index in [2.05, 4.69) is 20.6 Å². The van der Waals surface area contributed by atoms with Gasteiger partial charge in [0.25, 0.3) is 11.8 Å². The van der Waals surface area contributed by atoms with Crippen LogP contribution < -0.4 is 15.4 Å². The summed E-state index contributed by atoms with van der Waals surface area (Å²) in [7, 11) is 0. The zero-order valence-electron chi connectivity index (χ0n) is 32.0. The van der Waals surface area contributed by atoms with Gasteiger partial charge in [-0.2, -0.15) is 0 Å². The highest BCUT2D eigenvalue weighted by Crippen LogP contribution is 2.32. The van der Waals surface area contributed by atoms with Crippen molar-refractivity contribution in [2.45, 2.75) is 59.1 Å². The minimum absolute atomic E-state index is 0.0565. The molecule has 1 unspecified atom stereocenters. The van der Waals surface area contributed by atoms with Gasteiger partial charge in [-0.15, -0.1) is 0 Å². The van der Waals surface area contributed by atoms with Crippen molar-refractivity contribution < 1.29 is 38.2 Å². The number of pyridine rings is 2. The van der Waals surface area contributed by atoms with Gasteiger partial charge in [0.15, 0.2) is 0 Å². The average Bonchev–Trinajstić information content (AvgIpc) is 3.69. The molecule has 5 aromatic rings. The number of nitrogens with zero attached hydrogens (tertiary/aromatic N) is 4. The number of aromatic nitrogens is 3. The average molecular weight is 761 g/mol. The van der Waals surface area contributed by atoms with Crippen molar-refractivity contribution in [3.05, 3.63) is 96.4 Å². The maximum Gasteiger partial charge on any atom is 0.419 e. The minimum Gasteiger partial charge on any atom is -0.491 e. The first kappa shape index (κ1) is 39.3. The van der Waals surface area contributed by atoms with Crippen LogP contribution in [0.3, 0.4) is 0 Å². The molecule has 0 radical (unpaired) electrons. The van der Waals surface area contributed by atoms with E-state index >= 15 is 0 Å². The zero-order chi connectivity index (χ0) is 40.0. The van der Waals surface area contributed by atoms with Crippen LogP contribution in [0.25, 0.3) is 33.3 Å². The third-order valence-corrected chi connectivity index (χ3v) is 8.92. The number of fused-ring (bicyclic) bond motifs is 2. The second kappa shape index (κ2) is 16.9. The van der Waals surface area contributed by atoms with Crippen molar-refractivity contribution in [3.8, 4) is 28.1 Å². The molecule has 1 fully saturated rings. The van der Waals surface area contributed by atoms with Crippen LogP contribution in [-0.2, 0) is 19.1 Å². The Morgan fingerprint density at radius 1 is 0.857 bits per heavy atom. The third kappa shape index (κ3) is 8.60. The molecule has 4 amide bonds. The van der Waals surface area contributed by atoms with Crippen molar-refractivity contribution in [2.75, 3.05) is 31.7 Å². The number of rotatable bonds is 11. The largest absolute Gasteiger partial charge is 0.491 e. The maximum atomic E-state index is 13.2. The predicted octanol–water partition coefficient (Wildman–Crippen LogP) is 6.48. The van der Waals surface area contributed by atoms with Gasteiger partial charge in [-0.25, -0.2) is 14.3 Å². The van der Waals surface area contributed by atoms with Gasteiger partial charge in [-0.1, -0.05) is 38.1 Å². The molecule has 2 aliphatic rings. The monoisotopic (exact) mass is 760 g/mol. The number of piperidine rings is 1. The van der Waals surface area contributed by atoms with Gasteiger partial charge in [0, 0.05) is 36.3 Å². The third-order valence-electron chi connectivity index (χ3n) is 8.92. The number of hydrogen-bond acceptors (Lipinski definition) is 11. The van der Waals surface area contributed by atoms with E-state index in [0.717, 1.165) is 27.0 Å². The quantitative estimate of drug-likeness (QED) is 0.112. The van der Waals surface area contributed by atoms with Crippen LogP contribution in [-0.4, -0.2) is 87.2 Å². The number of ether oxygens (including phenoxy) is 3. The van der Waals surface area contributed by atoms with Crippen molar-refractivity contribution in [2.24, 2.45) is 0 Å². The van der Waals surface area contributed by atoms with Gasteiger partial charge in [0.2, 0.25) is 11.8 Å². The molecule has 0 aliphatic carbocycles. The first-order chi connectivity index (χ1) is 27.0. The topological polar surface area (TPSA) is 171 Å². The van der Waals surface area contributed by atoms with E-state index in [1.165, 1.54) is 12.1 Å². The van der Waals surface area contributed by atoms with E-state index in [0.29, 0.717) is 35.9 Å². The molecule has 56 heavy (non-hydrogen) atoms. The summed E-state index contributed by atoms with van der Waals surface area (Å²) in [6.45, 7) is 10.9. The molecule has 0 saturated carbocycles. The van der Waals surface area contributed by atoms with E-state index in [1.54, 1.807) is 29.2 Å². The Kier molecular flexibility index (Phi) is 11.9. The highest BCUT2D eigenvalue weighted by molar-refractivity contribution is 6.23. The van der Waals surface area contributed by atoms with Crippen LogP contribution in [0, 0.1) is 0 Å². The highest BCUT2D eigenvalue weighted by Gasteiger charge is 2.44. The smallest absolute Gasteiger partial charge is 0.419 e. The summed E-state index contributed by atoms with van der Waals surface area (Å²) in [4.78, 5) is 72.6. The molecule has 2 N–H and O–H groups in total. The molecule has 1 atom stereocenters. The molecule has 2 aromatic carbocycles. The standard InChI is InChI=1S/C40H38N6O8.C2H6/c1-40(2,3)54-39(51)45-32(20-26-14-15-41-23-33(26)45)25-6-4-24(5-7-25)27-8-12-34(43-22-27)42-16-17-52-18-19-53-28-9-10-29-30(21-28)38(50)46(37(29)49)31-11-13-35(47)44-36(31)48;1-2/h4-10,12,14-15,20-23,31H,11,13,16-19H2,1-3H3,(H,42,43)(H,44,47,48);1-2H3. The van der Waals surface area contributed by atoms with Gasteiger partial charge in [-0.05, 0) is 80.8 Å². The van der Waals surface area contributed by atoms with Gasteiger partial charge in [-0.3, -0.25) is 34.4 Å². The van der Waals surface area contributed by atoms with E-state index in [9.17, 15) is 24.0 Å². The second-order valence-electron chi connectivity index (χ2n) is 13.8. The lowest BCUT2D eigenvalue weighted by Gasteiger charge is -2.27. The number of nitrogens with one attached hydrogen (secondary N) is 2. The molecule has 7 rings (SSSR count). The van der Waals surface area contributed by atoms with Crippen LogP contribution in [0.15, 0.2) is 85.3 Å². The summed E-state index contributed by atoms with van der Waals surface area (Å²) in [5.41, 5.74) is 3.83. The first-order valence-electron chi connectivity index (χ1n) is 18.5. The predicted molar refractivity (Wildman–Crippen MR) is 209 cm³/mol. The van der Waals surface area contributed by atoms with Gasteiger partial charge < -0.3 is 19.5 Å². The molecular weight excluding hydrogens is 716 g/mol. The Morgan fingerprint density at radius 3 is 2.30 bits per heavy atom. The second-order valence-corrected chi connectivity index (χ2v) is 13.8. The Labute approximate surface area is 324 Å². The fraction of sp³-hybridized carbons (Fsp3) is 0.310. The molecule has 1 saturated heterocycles. The molecule has 5 heterocycles. The Balaban J connectivity index is 0.00000262. The lowest BCUT2D eigenvalue weighted by atomic mass is 10.0. The van der Waals surface area contributed by atoms with Gasteiger partial charge in [0.05, 0.1) is 41.7 Å². The molecule has 14 nitrogen and oxygen atoms in total. The van der Waals surface area contributed by atoms with Crippen LogP contribution in [0.4, 0.5) is 10.6 Å². The zero-order valence-corrected chi connectivity index (χ0v) is 32.0. The number of amides is 4. The fourth-order valence-corrected chi connectivity index (χ4v) is 6.38. The number of carbonyl (C=O) groups is 5. The lowest BCUT2D eigenvalue weighted by molar-refractivity contribution is -0.136. The molecule has 290 valence electrons. The van der Waals surface area contributed by atoms with Crippen LogP contribution in [0.1, 0.15) is 68.2 Å². The van der Waals surface area contributed by atoms with Gasteiger partial charge >= 0.3 is 6.09 Å². The molecule has 0 spiro atoms. The minimum atomic E-state index is -1.02. The number of anilines is 1. The summed E-state index contributed by atoms with van der Waals surface area (Å²) in [6, 6.07) is 19.1. The molecule has 3 aromatic heterocycles. The van der Waals surface area contributed by atoms with E-state index < -0.39 is 41.4 Å². The lowest BCUT2D eigenvalue weighted by Crippen LogP contribution is -2.54. The first-order valence-corrected chi connectivity index (χ1v) is 18.5. The molecule has 0 bridgehead atoms. The highest BCUT2D eigenvalue weighted by atomic mass is 16.6. The van der Waals surface area contributed by atoms with Crippen molar-refractivity contribution in [1.29, 1.82) is 0 Å². The summed E-state index contributed by atoms with van der Waals surface area (Å²) in [5, 5.41) is 6.30. The Morgan fingerprint density at radius 2 is 1.59 bits per heavy atom. The van der Waals surface area contributed by atoms with E-state index in [4.69, 9.17) is 14.2 Å². The van der Waals surface area contributed by atoms with Gasteiger partial charge in [0.1, 0.15) is 29.8 Å². The summed E-state index contributed by atoms with van der Waals surface area (Å²) < 4.78 is 18.7. The summed E-state index contributed by atoms with van der Waals surface area (Å²) >= 11 is 0. The summed E-state index contributed by atoms with van der Waals surface area (Å²) in [6.07, 6.45) is 4.83. The van der Waals surface area contributed by atoms with E-state index in [-0.39, 0.29) is 37.2 Å². The molecule has 2 aliphatic heterocycles. The normalized spacial score (nSPS) is 15.2. The number of benzene rings is 2. The van der Waals surface area contributed by atoms with E-state index in [1.807, 2.05) is 83.1 Å². The van der Waals surface area contributed by atoms with Crippen molar-refractivity contribution in [3.63, 3.8) is 0 Å².